The lowest BCUT2D eigenvalue weighted by Crippen LogP contribution is -2.18. The SMILES string of the molecule is C[C@@H]1CC(C2=CC3=C(CC2)c2ccc(I)cc2C3(C)C)=CC2=C1C=CCC2. The summed E-state index contributed by atoms with van der Waals surface area (Å²) in [6.45, 7) is 7.23. The Labute approximate surface area is 177 Å². The molecule has 0 aromatic heterocycles. The molecule has 138 valence electrons. The first-order valence-electron chi connectivity index (χ1n) is 10.3. The fourth-order valence-electron chi connectivity index (χ4n) is 5.53. The summed E-state index contributed by atoms with van der Waals surface area (Å²) in [4.78, 5) is 0. The molecule has 5 rings (SSSR count). The van der Waals surface area contributed by atoms with Gasteiger partial charge >= 0.3 is 0 Å². The second-order valence-corrected chi connectivity index (χ2v) is 10.3. The van der Waals surface area contributed by atoms with Gasteiger partial charge in [0.05, 0.1) is 0 Å². The molecule has 4 aliphatic rings. The van der Waals surface area contributed by atoms with Crippen molar-refractivity contribution in [1.82, 2.24) is 0 Å². The Kier molecular flexibility index (Phi) is 4.16. The second-order valence-electron chi connectivity index (χ2n) is 9.07. The standard InChI is InChI=1S/C26H27I/c1-16-12-19(13-18-6-4-5-7-21(16)18)17-8-10-22-23-11-9-20(27)15-25(23)26(2,3)24(22)14-17/h5,7,9,11,13-16H,4,6,8,10,12H2,1-3H3/t16-/m1/s1. The van der Waals surface area contributed by atoms with E-state index in [-0.39, 0.29) is 5.41 Å². The van der Waals surface area contributed by atoms with Crippen molar-refractivity contribution < 1.29 is 0 Å². The lowest BCUT2D eigenvalue weighted by Gasteiger charge is -2.30. The second kappa shape index (κ2) is 6.34. The monoisotopic (exact) mass is 466 g/mol. The minimum atomic E-state index is 0.121. The number of rotatable bonds is 1. The van der Waals surface area contributed by atoms with E-state index in [9.17, 15) is 0 Å². The Morgan fingerprint density at radius 1 is 1.04 bits per heavy atom. The van der Waals surface area contributed by atoms with Crippen LogP contribution < -0.4 is 0 Å². The van der Waals surface area contributed by atoms with Crippen LogP contribution in [0.25, 0.3) is 5.57 Å². The Morgan fingerprint density at radius 2 is 1.89 bits per heavy atom. The summed E-state index contributed by atoms with van der Waals surface area (Å²) in [6.07, 6.45) is 15.8. The topological polar surface area (TPSA) is 0 Å². The number of fused-ring (bicyclic) bond motifs is 2. The molecule has 1 aromatic rings. The molecule has 0 saturated heterocycles. The molecule has 0 saturated carbocycles. The summed E-state index contributed by atoms with van der Waals surface area (Å²) in [5.41, 5.74) is 12.7. The van der Waals surface area contributed by atoms with Gasteiger partial charge in [0.15, 0.2) is 0 Å². The van der Waals surface area contributed by atoms with Crippen molar-refractivity contribution in [2.24, 2.45) is 5.92 Å². The average Bonchev–Trinajstić information content (AvgIpc) is 2.88. The molecule has 0 heterocycles. The number of hydrogen-bond acceptors (Lipinski definition) is 0. The maximum Gasteiger partial charge on any atom is 0.0156 e. The third-order valence-corrected chi connectivity index (χ3v) is 7.68. The van der Waals surface area contributed by atoms with E-state index in [0.717, 1.165) is 0 Å². The predicted molar refractivity (Wildman–Crippen MR) is 124 cm³/mol. The molecule has 4 aliphatic carbocycles. The van der Waals surface area contributed by atoms with Gasteiger partial charge in [-0.05, 0) is 117 Å². The highest BCUT2D eigenvalue weighted by molar-refractivity contribution is 14.1. The van der Waals surface area contributed by atoms with Gasteiger partial charge in [-0.1, -0.05) is 51.1 Å². The molecule has 0 fully saturated rings. The molecular weight excluding hydrogens is 439 g/mol. The van der Waals surface area contributed by atoms with Gasteiger partial charge in [-0.15, -0.1) is 0 Å². The zero-order valence-electron chi connectivity index (χ0n) is 16.5. The van der Waals surface area contributed by atoms with Crippen molar-refractivity contribution in [2.45, 2.75) is 58.3 Å². The van der Waals surface area contributed by atoms with Crippen LogP contribution in [0.15, 0.2) is 70.4 Å². The number of hydrogen-bond donors (Lipinski definition) is 0. The van der Waals surface area contributed by atoms with Gasteiger partial charge in [-0.3, -0.25) is 0 Å². The molecule has 0 bridgehead atoms. The average molecular weight is 466 g/mol. The van der Waals surface area contributed by atoms with E-state index >= 15 is 0 Å². The zero-order chi connectivity index (χ0) is 18.8. The van der Waals surface area contributed by atoms with Crippen LogP contribution >= 0.6 is 22.6 Å². The lowest BCUT2D eigenvalue weighted by molar-refractivity contribution is 0.640. The molecule has 0 radical (unpaired) electrons. The maximum atomic E-state index is 2.56. The summed E-state index contributed by atoms with van der Waals surface area (Å²) in [6, 6.07) is 7.02. The van der Waals surface area contributed by atoms with Crippen molar-refractivity contribution in [2.75, 3.05) is 0 Å². The normalized spacial score (nSPS) is 25.7. The summed E-state index contributed by atoms with van der Waals surface area (Å²) in [7, 11) is 0. The van der Waals surface area contributed by atoms with Gasteiger partial charge in [-0.25, -0.2) is 0 Å². The maximum absolute atomic E-state index is 2.56. The summed E-state index contributed by atoms with van der Waals surface area (Å²) in [5, 5.41) is 0. The summed E-state index contributed by atoms with van der Waals surface area (Å²) >= 11 is 2.45. The smallest absolute Gasteiger partial charge is 0.0156 e. The molecule has 27 heavy (non-hydrogen) atoms. The lowest BCUT2D eigenvalue weighted by atomic mass is 9.74. The van der Waals surface area contributed by atoms with E-state index in [1.165, 1.54) is 46.8 Å². The highest BCUT2D eigenvalue weighted by Gasteiger charge is 2.38. The summed E-state index contributed by atoms with van der Waals surface area (Å²) in [5.74, 6) is 0.656. The van der Waals surface area contributed by atoms with Gasteiger partial charge in [0.25, 0.3) is 0 Å². The molecule has 0 N–H and O–H groups in total. The number of benzene rings is 1. The molecule has 1 heteroatoms. The van der Waals surface area contributed by atoms with E-state index in [2.05, 4.69) is 85.9 Å². The molecule has 0 amide bonds. The van der Waals surface area contributed by atoms with Crippen LogP contribution in [-0.2, 0) is 5.41 Å². The van der Waals surface area contributed by atoms with Crippen LogP contribution in [0.4, 0.5) is 0 Å². The molecule has 0 nitrogen and oxygen atoms in total. The zero-order valence-corrected chi connectivity index (χ0v) is 18.7. The number of allylic oxidation sites excluding steroid dienone is 10. The largest absolute Gasteiger partial charge is 0.0839 e. The highest BCUT2D eigenvalue weighted by atomic mass is 127. The van der Waals surface area contributed by atoms with Gasteiger partial charge in [0.2, 0.25) is 0 Å². The van der Waals surface area contributed by atoms with Crippen molar-refractivity contribution >= 4 is 28.2 Å². The van der Waals surface area contributed by atoms with Crippen LogP contribution in [0.2, 0.25) is 0 Å². The molecule has 0 spiro atoms. The van der Waals surface area contributed by atoms with Crippen LogP contribution in [-0.4, -0.2) is 0 Å². The minimum Gasteiger partial charge on any atom is -0.0839 e. The van der Waals surface area contributed by atoms with Crippen LogP contribution in [0.1, 0.15) is 64.0 Å². The van der Waals surface area contributed by atoms with Crippen molar-refractivity contribution in [1.29, 1.82) is 0 Å². The van der Waals surface area contributed by atoms with E-state index < -0.39 is 0 Å². The van der Waals surface area contributed by atoms with Crippen LogP contribution in [0, 0.1) is 9.49 Å². The van der Waals surface area contributed by atoms with Crippen LogP contribution in [0.5, 0.6) is 0 Å². The minimum absolute atomic E-state index is 0.121. The van der Waals surface area contributed by atoms with E-state index in [1.807, 2.05) is 0 Å². The molecule has 1 atom stereocenters. The Hall–Kier alpha value is -1.35. The quantitative estimate of drug-likeness (QED) is 0.373. The fourth-order valence-corrected chi connectivity index (χ4v) is 6.02. The molecule has 0 unspecified atom stereocenters. The highest BCUT2D eigenvalue weighted by Crippen LogP contribution is 2.52. The van der Waals surface area contributed by atoms with E-state index in [4.69, 9.17) is 0 Å². The first-order valence-corrected chi connectivity index (χ1v) is 11.4. The Morgan fingerprint density at radius 3 is 2.74 bits per heavy atom. The molecule has 1 aromatic carbocycles. The van der Waals surface area contributed by atoms with Gasteiger partial charge in [0.1, 0.15) is 0 Å². The van der Waals surface area contributed by atoms with Gasteiger partial charge < -0.3 is 0 Å². The third-order valence-electron chi connectivity index (χ3n) is 7.01. The van der Waals surface area contributed by atoms with Crippen molar-refractivity contribution in [3.63, 3.8) is 0 Å². The third kappa shape index (κ3) is 2.76. The number of halogens is 1. The van der Waals surface area contributed by atoms with Gasteiger partial charge in [-0.2, -0.15) is 0 Å². The Bertz CT molecular complexity index is 991. The first-order chi connectivity index (χ1) is 12.9. The molecular formula is C26H27I. The first kappa shape index (κ1) is 17.7. The van der Waals surface area contributed by atoms with Gasteiger partial charge in [0, 0.05) is 8.99 Å². The van der Waals surface area contributed by atoms with E-state index in [1.54, 1.807) is 33.4 Å². The van der Waals surface area contributed by atoms with Crippen molar-refractivity contribution in [3.8, 4) is 0 Å². The molecule has 0 aliphatic heterocycles. The van der Waals surface area contributed by atoms with E-state index in [0.29, 0.717) is 5.92 Å². The van der Waals surface area contributed by atoms with Crippen molar-refractivity contribution in [3.05, 3.63) is 85.1 Å². The van der Waals surface area contributed by atoms with Crippen LogP contribution in [0.3, 0.4) is 0 Å². The predicted octanol–water partition coefficient (Wildman–Crippen LogP) is 7.67. The summed E-state index contributed by atoms with van der Waals surface area (Å²) < 4.78 is 1.34. The fraction of sp³-hybridized carbons (Fsp3) is 0.385. The Balaban J connectivity index is 1.57.